The molecule has 1 aliphatic heterocycles. The third-order valence-electron chi connectivity index (χ3n) is 4.55. The van der Waals surface area contributed by atoms with Crippen molar-refractivity contribution in [3.63, 3.8) is 0 Å². The number of allylic oxidation sites excluding steroid dienone is 2. The average molecular weight is 276 g/mol. The normalized spacial score (nSPS) is 32.4. The van der Waals surface area contributed by atoms with E-state index < -0.39 is 0 Å². The molecular weight excluding hydrogens is 244 g/mol. The molecular formula is C18H32N2. The number of hydrogen-bond donors (Lipinski definition) is 0. The number of azo groups is 1. The molecule has 0 saturated carbocycles. The van der Waals surface area contributed by atoms with Gasteiger partial charge in [-0.05, 0) is 37.5 Å². The van der Waals surface area contributed by atoms with Crippen molar-refractivity contribution in [3.8, 4) is 0 Å². The van der Waals surface area contributed by atoms with Gasteiger partial charge >= 0.3 is 0 Å². The van der Waals surface area contributed by atoms with E-state index in [0.717, 1.165) is 25.7 Å². The third kappa shape index (κ3) is 6.02. The first-order valence-corrected chi connectivity index (χ1v) is 8.38. The third-order valence-corrected chi connectivity index (χ3v) is 4.55. The minimum atomic E-state index is 0.353. The molecule has 0 aromatic carbocycles. The summed E-state index contributed by atoms with van der Waals surface area (Å²) in [6.07, 6.45) is 15.9. The van der Waals surface area contributed by atoms with Gasteiger partial charge in [0, 0.05) is 0 Å². The molecule has 4 atom stereocenters. The van der Waals surface area contributed by atoms with Gasteiger partial charge in [-0.2, -0.15) is 10.2 Å². The highest BCUT2D eigenvalue weighted by Gasteiger charge is 2.17. The van der Waals surface area contributed by atoms with Crippen molar-refractivity contribution in [1.29, 1.82) is 0 Å². The van der Waals surface area contributed by atoms with Crippen LogP contribution in [0.25, 0.3) is 0 Å². The molecule has 0 bridgehead atoms. The second-order valence-corrected chi connectivity index (χ2v) is 6.13. The van der Waals surface area contributed by atoms with Crippen molar-refractivity contribution >= 4 is 0 Å². The van der Waals surface area contributed by atoms with Gasteiger partial charge in [-0.15, -0.1) is 0 Å². The second-order valence-electron chi connectivity index (χ2n) is 6.13. The smallest absolute Gasteiger partial charge is 0.0768 e. The lowest BCUT2D eigenvalue weighted by Crippen LogP contribution is -2.18. The maximum absolute atomic E-state index is 4.72. The molecule has 0 amide bonds. The van der Waals surface area contributed by atoms with Gasteiger partial charge in [-0.1, -0.05) is 64.8 Å². The second kappa shape index (κ2) is 9.90. The number of rotatable bonds is 4. The van der Waals surface area contributed by atoms with Crippen molar-refractivity contribution in [2.24, 2.45) is 22.1 Å². The average Bonchev–Trinajstić information content (AvgIpc) is 2.46. The lowest BCUT2D eigenvalue weighted by Gasteiger charge is -2.20. The Balaban J connectivity index is 2.83. The Morgan fingerprint density at radius 1 is 0.800 bits per heavy atom. The number of nitrogens with zero attached hydrogens (tertiary/aromatic N) is 2. The summed E-state index contributed by atoms with van der Waals surface area (Å²) < 4.78 is 0. The predicted molar refractivity (Wildman–Crippen MR) is 88.1 cm³/mol. The van der Waals surface area contributed by atoms with E-state index in [1.165, 1.54) is 12.8 Å². The largest absolute Gasteiger partial charge is 0.190 e. The Labute approximate surface area is 125 Å². The van der Waals surface area contributed by atoms with Gasteiger partial charge in [0.05, 0.1) is 12.1 Å². The lowest BCUT2D eigenvalue weighted by molar-refractivity contribution is 0.386. The molecule has 2 nitrogen and oxygen atoms in total. The Morgan fingerprint density at radius 2 is 1.20 bits per heavy atom. The van der Waals surface area contributed by atoms with Crippen LogP contribution in [0, 0.1) is 11.8 Å². The molecule has 1 heterocycles. The van der Waals surface area contributed by atoms with Gasteiger partial charge in [-0.3, -0.25) is 0 Å². The molecule has 0 fully saturated rings. The molecule has 0 aromatic rings. The van der Waals surface area contributed by atoms with Crippen LogP contribution in [0.15, 0.2) is 34.5 Å². The summed E-state index contributed by atoms with van der Waals surface area (Å²) in [5, 5.41) is 9.44. The van der Waals surface area contributed by atoms with E-state index in [9.17, 15) is 0 Å². The van der Waals surface area contributed by atoms with Crippen LogP contribution in [0.2, 0.25) is 0 Å². The molecule has 0 spiro atoms. The zero-order chi connectivity index (χ0) is 14.8. The Kier molecular flexibility index (Phi) is 8.48. The molecule has 0 N–H and O–H groups in total. The summed E-state index contributed by atoms with van der Waals surface area (Å²) in [5.41, 5.74) is 0. The highest BCUT2D eigenvalue weighted by Crippen LogP contribution is 2.21. The zero-order valence-corrected chi connectivity index (χ0v) is 13.8. The fourth-order valence-corrected chi connectivity index (χ4v) is 2.40. The van der Waals surface area contributed by atoms with Crippen LogP contribution >= 0.6 is 0 Å². The summed E-state index contributed by atoms with van der Waals surface area (Å²) in [6.45, 7) is 9.08. The SMILES string of the molecule is CCC(C)C1C/C=C/CC/C=C/CC(C(C)CC)/N=N/1. The monoisotopic (exact) mass is 276 g/mol. The van der Waals surface area contributed by atoms with E-state index in [1.54, 1.807) is 0 Å². The topological polar surface area (TPSA) is 24.7 Å². The van der Waals surface area contributed by atoms with Crippen LogP contribution in [0.4, 0.5) is 0 Å². The molecule has 2 heteroatoms. The predicted octanol–water partition coefficient (Wildman–Crippen LogP) is 5.95. The first kappa shape index (κ1) is 17.1. The van der Waals surface area contributed by atoms with Gasteiger partial charge in [-0.25, -0.2) is 0 Å². The van der Waals surface area contributed by atoms with E-state index in [2.05, 4.69) is 52.0 Å². The zero-order valence-electron chi connectivity index (χ0n) is 13.8. The van der Waals surface area contributed by atoms with E-state index in [-0.39, 0.29) is 0 Å². The summed E-state index contributed by atoms with van der Waals surface area (Å²) in [6, 6.07) is 0.706. The minimum absolute atomic E-state index is 0.353. The van der Waals surface area contributed by atoms with Gasteiger partial charge < -0.3 is 0 Å². The van der Waals surface area contributed by atoms with Gasteiger partial charge in [0.2, 0.25) is 0 Å². The maximum Gasteiger partial charge on any atom is 0.0768 e. The van der Waals surface area contributed by atoms with Crippen molar-refractivity contribution in [2.45, 2.75) is 78.3 Å². The summed E-state index contributed by atoms with van der Waals surface area (Å²) in [7, 11) is 0. The molecule has 4 unspecified atom stereocenters. The molecule has 1 rings (SSSR count). The Morgan fingerprint density at radius 3 is 1.55 bits per heavy atom. The van der Waals surface area contributed by atoms with Crippen LogP contribution < -0.4 is 0 Å². The van der Waals surface area contributed by atoms with Crippen molar-refractivity contribution < 1.29 is 0 Å². The van der Waals surface area contributed by atoms with Crippen LogP contribution in [0.5, 0.6) is 0 Å². The van der Waals surface area contributed by atoms with Crippen molar-refractivity contribution in [3.05, 3.63) is 24.3 Å². The van der Waals surface area contributed by atoms with Crippen LogP contribution in [-0.2, 0) is 0 Å². The molecule has 20 heavy (non-hydrogen) atoms. The van der Waals surface area contributed by atoms with E-state index in [0.29, 0.717) is 23.9 Å². The Hall–Kier alpha value is -0.920. The minimum Gasteiger partial charge on any atom is -0.190 e. The summed E-state index contributed by atoms with van der Waals surface area (Å²) >= 11 is 0. The summed E-state index contributed by atoms with van der Waals surface area (Å²) in [5.74, 6) is 1.22. The molecule has 0 saturated heterocycles. The lowest BCUT2D eigenvalue weighted by atomic mass is 9.95. The molecule has 0 radical (unpaired) electrons. The first-order valence-electron chi connectivity index (χ1n) is 8.38. The highest BCUT2D eigenvalue weighted by atomic mass is 15.1. The molecule has 0 aliphatic carbocycles. The maximum atomic E-state index is 4.72. The Bertz CT molecular complexity index is 298. The van der Waals surface area contributed by atoms with Gasteiger partial charge in [0.1, 0.15) is 0 Å². The van der Waals surface area contributed by atoms with E-state index >= 15 is 0 Å². The van der Waals surface area contributed by atoms with Crippen molar-refractivity contribution in [1.82, 2.24) is 0 Å². The summed E-state index contributed by atoms with van der Waals surface area (Å²) in [4.78, 5) is 0. The van der Waals surface area contributed by atoms with E-state index in [4.69, 9.17) is 10.2 Å². The molecule has 1 aliphatic rings. The van der Waals surface area contributed by atoms with E-state index in [1.807, 2.05) is 0 Å². The van der Waals surface area contributed by atoms with Gasteiger partial charge in [0.15, 0.2) is 0 Å². The number of hydrogen-bond acceptors (Lipinski definition) is 2. The molecule has 0 aromatic heterocycles. The highest BCUT2D eigenvalue weighted by molar-refractivity contribution is 4.94. The van der Waals surface area contributed by atoms with Crippen LogP contribution in [0.1, 0.15) is 66.2 Å². The first-order chi connectivity index (χ1) is 9.69. The fraction of sp³-hybridized carbons (Fsp3) is 0.778. The fourth-order valence-electron chi connectivity index (χ4n) is 2.40. The standard InChI is InChI=1S/C18H32N2/c1-5-15(3)17-13-11-9-7-8-10-12-14-18(20-19-17)16(4)6-2/h9-12,15-18H,5-8,13-14H2,1-4H3/b11-9+,12-10+,20-19+. The van der Waals surface area contributed by atoms with Gasteiger partial charge in [0.25, 0.3) is 0 Å². The molecule has 114 valence electrons. The van der Waals surface area contributed by atoms with Crippen LogP contribution in [0.3, 0.4) is 0 Å². The van der Waals surface area contributed by atoms with Crippen molar-refractivity contribution in [2.75, 3.05) is 0 Å². The quantitative estimate of drug-likeness (QED) is 0.566. The van der Waals surface area contributed by atoms with Crippen LogP contribution in [-0.4, -0.2) is 12.1 Å².